The van der Waals surface area contributed by atoms with Crippen molar-refractivity contribution in [2.45, 2.75) is 38.8 Å². The van der Waals surface area contributed by atoms with Gasteiger partial charge in [0.2, 0.25) is 5.91 Å². The Bertz CT molecular complexity index is 912. The number of nitrogens with zero attached hydrogens (tertiary/aromatic N) is 3. The highest BCUT2D eigenvalue weighted by Gasteiger charge is 2.40. The van der Waals surface area contributed by atoms with E-state index in [0.29, 0.717) is 37.4 Å². The van der Waals surface area contributed by atoms with Crippen molar-refractivity contribution in [3.05, 3.63) is 47.2 Å². The molecule has 0 radical (unpaired) electrons. The van der Waals surface area contributed by atoms with Crippen molar-refractivity contribution in [2.75, 3.05) is 39.8 Å². The number of hydrogen-bond donors (Lipinski definition) is 1. The van der Waals surface area contributed by atoms with Crippen LogP contribution in [-0.4, -0.2) is 78.5 Å². The highest BCUT2D eigenvalue weighted by atomic mass is 16.5. The third-order valence-electron chi connectivity index (χ3n) is 6.50. The summed E-state index contributed by atoms with van der Waals surface area (Å²) in [5.41, 5.74) is 1.95. The van der Waals surface area contributed by atoms with Crippen molar-refractivity contribution in [3.8, 4) is 0 Å². The Balaban J connectivity index is 1.61. The quantitative estimate of drug-likeness (QED) is 0.686. The van der Waals surface area contributed by atoms with E-state index in [-0.39, 0.29) is 30.5 Å². The summed E-state index contributed by atoms with van der Waals surface area (Å²) in [6, 6.07) is 8.76. The van der Waals surface area contributed by atoms with Gasteiger partial charge < -0.3 is 15.0 Å². The second-order valence-electron chi connectivity index (χ2n) is 8.82. The maximum atomic E-state index is 13.0. The number of urea groups is 1. The lowest BCUT2D eigenvalue weighted by Gasteiger charge is -2.42. The molecule has 32 heavy (non-hydrogen) atoms. The number of piperazine rings is 1. The molecule has 0 unspecified atom stereocenters. The fourth-order valence-corrected chi connectivity index (χ4v) is 4.57. The van der Waals surface area contributed by atoms with E-state index in [2.05, 4.69) is 17.1 Å². The molecule has 1 saturated heterocycles. The lowest BCUT2D eigenvalue weighted by atomic mass is 9.94. The van der Waals surface area contributed by atoms with Crippen LogP contribution in [-0.2, 0) is 14.3 Å². The third-order valence-corrected chi connectivity index (χ3v) is 6.50. The average molecular weight is 441 g/mol. The first-order valence-electron chi connectivity index (χ1n) is 11.4. The van der Waals surface area contributed by atoms with E-state index in [4.69, 9.17) is 4.74 Å². The van der Waals surface area contributed by atoms with E-state index in [1.165, 1.54) is 4.90 Å². The molecule has 8 nitrogen and oxygen atoms in total. The molecule has 3 amide bonds. The second kappa shape index (κ2) is 9.32. The molecular weight excluding hydrogens is 408 g/mol. The van der Waals surface area contributed by atoms with Gasteiger partial charge in [-0.15, -0.1) is 0 Å². The predicted octanol–water partition coefficient (Wildman–Crippen LogP) is 2.14. The van der Waals surface area contributed by atoms with E-state index >= 15 is 0 Å². The van der Waals surface area contributed by atoms with E-state index in [9.17, 15) is 14.4 Å². The third kappa shape index (κ3) is 4.50. The molecule has 2 heterocycles. The van der Waals surface area contributed by atoms with E-state index in [1.807, 2.05) is 35.2 Å². The Morgan fingerprint density at radius 1 is 1.16 bits per heavy atom. The molecule has 2 atom stereocenters. The SMILES string of the molecule is CCOC(=O)C1=C(CN2CCN(C(=O)C3CC3)[C@@H](C)C2)N(C)C(=O)N[C@@H]1c1ccccc1. The molecule has 1 saturated carbocycles. The van der Waals surface area contributed by atoms with Crippen LogP contribution in [0.2, 0.25) is 0 Å². The molecule has 0 aromatic heterocycles. The zero-order valence-corrected chi connectivity index (χ0v) is 19.0. The first-order chi connectivity index (χ1) is 15.4. The molecule has 0 spiro atoms. The van der Waals surface area contributed by atoms with Crippen molar-refractivity contribution >= 4 is 17.9 Å². The van der Waals surface area contributed by atoms with Crippen LogP contribution < -0.4 is 5.32 Å². The van der Waals surface area contributed by atoms with Crippen molar-refractivity contribution in [2.24, 2.45) is 5.92 Å². The normalized spacial score (nSPS) is 24.4. The standard InChI is InChI=1S/C24H32N4O4/c1-4-32-23(30)20-19(26(3)24(31)25-21(20)17-8-6-5-7-9-17)15-27-12-13-28(16(2)14-27)22(29)18-10-11-18/h5-9,16,18,21H,4,10-15H2,1-3H3,(H,25,31)/t16-,21+/m0/s1. The monoisotopic (exact) mass is 440 g/mol. The highest BCUT2D eigenvalue weighted by Crippen LogP contribution is 2.33. The zero-order chi connectivity index (χ0) is 22.8. The molecule has 172 valence electrons. The minimum atomic E-state index is -0.566. The molecular formula is C24H32N4O4. The minimum Gasteiger partial charge on any atom is -0.463 e. The van der Waals surface area contributed by atoms with E-state index in [1.54, 1.807) is 14.0 Å². The summed E-state index contributed by atoms with van der Waals surface area (Å²) in [6.45, 7) is 6.61. The van der Waals surface area contributed by atoms with Crippen molar-refractivity contribution in [1.82, 2.24) is 20.0 Å². The number of ether oxygens (including phenoxy) is 1. The molecule has 1 aromatic rings. The number of esters is 1. The fourth-order valence-electron chi connectivity index (χ4n) is 4.57. The predicted molar refractivity (Wildman–Crippen MR) is 119 cm³/mol. The molecule has 1 N–H and O–H groups in total. The van der Waals surface area contributed by atoms with Crippen LogP contribution in [0.4, 0.5) is 4.79 Å². The van der Waals surface area contributed by atoms with Gasteiger partial charge in [-0.25, -0.2) is 9.59 Å². The average Bonchev–Trinajstić information content (AvgIpc) is 3.62. The Labute approximate surface area is 189 Å². The summed E-state index contributed by atoms with van der Waals surface area (Å²) in [4.78, 5) is 44.1. The van der Waals surface area contributed by atoms with Gasteiger partial charge in [0, 0.05) is 50.9 Å². The van der Waals surface area contributed by atoms with Crippen molar-refractivity contribution in [1.29, 1.82) is 0 Å². The number of amides is 3. The van der Waals surface area contributed by atoms with Crippen molar-refractivity contribution < 1.29 is 19.1 Å². The molecule has 8 heteroatoms. The maximum Gasteiger partial charge on any atom is 0.338 e. The molecule has 0 bridgehead atoms. The molecule has 2 fully saturated rings. The molecule has 1 aromatic carbocycles. The molecule has 3 aliphatic rings. The maximum absolute atomic E-state index is 13.0. The number of carbonyl (C=O) groups is 3. The number of benzene rings is 1. The van der Waals surface area contributed by atoms with Gasteiger partial charge in [0.15, 0.2) is 0 Å². The Kier molecular flexibility index (Phi) is 6.50. The van der Waals surface area contributed by atoms with Crippen LogP contribution in [0.5, 0.6) is 0 Å². The van der Waals surface area contributed by atoms with Gasteiger partial charge in [-0.1, -0.05) is 30.3 Å². The summed E-state index contributed by atoms with van der Waals surface area (Å²) >= 11 is 0. The van der Waals surface area contributed by atoms with Gasteiger partial charge in [-0.05, 0) is 32.3 Å². The van der Waals surface area contributed by atoms with Crippen LogP contribution >= 0.6 is 0 Å². The lowest BCUT2D eigenvalue weighted by Crippen LogP contribution is -2.56. The van der Waals surface area contributed by atoms with Gasteiger partial charge >= 0.3 is 12.0 Å². The van der Waals surface area contributed by atoms with Crippen LogP contribution in [0.25, 0.3) is 0 Å². The molecule has 1 aliphatic carbocycles. The summed E-state index contributed by atoms with van der Waals surface area (Å²) in [5.74, 6) is 0.0580. The van der Waals surface area contributed by atoms with Gasteiger partial charge in [-0.3, -0.25) is 14.6 Å². The summed E-state index contributed by atoms with van der Waals surface area (Å²) in [5, 5.41) is 2.95. The lowest BCUT2D eigenvalue weighted by molar-refractivity contribution is -0.139. The van der Waals surface area contributed by atoms with Crippen LogP contribution in [0, 0.1) is 5.92 Å². The zero-order valence-electron chi connectivity index (χ0n) is 19.0. The second-order valence-corrected chi connectivity index (χ2v) is 8.82. The summed E-state index contributed by atoms with van der Waals surface area (Å²) in [7, 11) is 1.68. The van der Waals surface area contributed by atoms with Crippen LogP contribution in [0.15, 0.2) is 41.6 Å². The summed E-state index contributed by atoms with van der Waals surface area (Å²) in [6.07, 6.45) is 2.00. The molecule has 4 rings (SSSR count). The largest absolute Gasteiger partial charge is 0.463 e. The van der Waals surface area contributed by atoms with Gasteiger partial charge in [0.1, 0.15) is 0 Å². The Morgan fingerprint density at radius 2 is 1.88 bits per heavy atom. The summed E-state index contributed by atoms with van der Waals surface area (Å²) < 4.78 is 5.39. The van der Waals surface area contributed by atoms with Crippen LogP contribution in [0.1, 0.15) is 38.3 Å². The first kappa shape index (κ1) is 22.3. The number of nitrogens with one attached hydrogen (secondary N) is 1. The van der Waals surface area contributed by atoms with E-state index < -0.39 is 12.0 Å². The number of rotatable bonds is 6. The fraction of sp³-hybridized carbons (Fsp3) is 0.542. The van der Waals surface area contributed by atoms with Crippen LogP contribution in [0.3, 0.4) is 0 Å². The first-order valence-corrected chi connectivity index (χ1v) is 11.4. The Hall–Kier alpha value is -2.87. The number of carbonyl (C=O) groups excluding carboxylic acids is 3. The van der Waals surface area contributed by atoms with Crippen molar-refractivity contribution in [3.63, 3.8) is 0 Å². The molecule has 2 aliphatic heterocycles. The topological polar surface area (TPSA) is 82.2 Å². The Morgan fingerprint density at radius 3 is 2.50 bits per heavy atom. The van der Waals surface area contributed by atoms with Gasteiger partial charge in [0.05, 0.1) is 18.2 Å². The van der Waals surface area contributed by atoms with Gasteiger partial charge in [-0.2, -0.15) is 0 Å². The smallest absolute Gasteiger partial charge is 0.338 e. The number of hydrogen-bond acceptors (Lipinski definition) is 5. The highest BCUT2D eigenvalue weighted by molar-refractivity contribution is 5.95. The number of likely N-dealkylation sites (N-methyl/N-ethyl adjacent to an activating group) is 1. The van der Waals surface area contributed by atoms with Gasteiger partial charge in [0.25, 0.3) is 0 Å². The van der Waals surface area contributed by atoms with E-state index in [0.717, 1.165) is 18.4 Å². The minimum absolute atomic E-state index is 0.0936.